The van der Waals surface area contributed by atoms with Crippen molar-refractivity contribution < 1.29 is 16.8 Å². The summed E-state index contributed by atoms with van der Waals surface area (Å²) in [7, 11) is -6.61. The third-order valence-electron chi connectivity index (χ3n) is 0.899. The zero-order valence-corrected chi connectivity index (χ0v) is 7.63. The van der Waals surface area contributed by atoms with Gasteiger partial charge in [-0.05, 0) is 0 Å². The van der Waals surface area contributed by atoms with Crippen molar-refractivity contribution >= 4 is 8.51 Å². The molecule has 0 aromatic carbocycles. The number of nitrogens with zero attached hydrogens (tertiary/aromatic N) is 2. The molecular weight excluding hydrogens is 207 g/mol. The van der Waals surface area contributed by atoms with Crippen LogP contribution in [0.25, 0.3) is 0 Å². The van der Waals surface area contributed by atoms with Crippen LogP contribution >= 0.6 is 8.51 Å². The van der Waals surface area contributed by atoms with Crippen molar-refractivity contribution in [2.45, 2.75) is 6.54 Å². The van der Waals surface area contributed by atoms with E-state index in [1.54, 1.807) is 12.5 Å². The molecule has 0 aliphatic heterocycles. The van der Waals surface area contributed by atoms with E-state index in [1.165, 1.54) is 0 Å². The van der Waals surface area contributed by atoms with Gasteiger partial charge in [0, 0.05) is 18.9 Å². The van der Waals surface area contributed by atoms with Crippen LogP contribution in [0.5, 0.6) is 0 Å². The molecule has 0 amide bonds. The monoisotopic (exact) mass is 216 g/mol. The number of aromatic nitrogens is 2. The predicted octanol–water partition coefficient (Wildman–Crippen LogP) is 3.34. The van der Waals surface area contributed by atoms with Crippen LogP contribution in [0.15, 0.2) is 31.4 Å². The van der Waals surface area contributed by atoms with Gasteiger partial charge in [-0.3, -0.25) is 0 Å². The van der Waals surface area contributed by atoms with E-state index in [0.717, 1.165) is 6.54 Å². The third kappa shape index (κ3) is 11.1. The van der Waals surface area contributed by atoms with Crippen LogP contribution in [-0.2, 0) is 6.54 Å². The predicted molar refractivity (Wildman–Crippen MR) is 45.2 cm³/mol. The second-order valence-corrected chi connectivity index (χ2v) is 2.83. The van der Waals surface area contributed by atoms with E-state index in [2.05, 4.69) is 11.6 Å². The summed E-state index contributed by atoms with van der Waals surface area (Å²) in [4.78, 5) is 3.86. The van der Waals surface area contributed by atoms with Crippen LogP contribution < -0.4 is 0 Å². The van der Waals surface area contributed by atoms with Gasteiger partial charge in [0.1, 0.15) is 0 Å². The number of hydrogen-bond acceptors (Lipinski definition) is 1. The molecule has 1 aromatic heterocycles. The summed E-state index contributed by atoms with van der Waals surface area (Å²) in [6, 6.07) is 0. The van der Waals surface area contributed by atoms with E-state index in [9.17, 15) is 16.8 Å². The van der Waals surface area contributed by atoms with Gasteiger partial charge in [-0.2, -0.15) is 0 Å². The Morgan fingerprint density at radius 3 is 2.23 bits per heavy atom. The molecule has 7 heteroatoms. The van der Waals surface area contributed by atoms with Crippen molar-refractivity contribution in [1.29, 1.82) is 0 Å². The second-order valence-electron chi connectivity index (χ2n) is 1.98. The fourth-order valence-electron chi connectivity index (χ4n) is 0.544. The summed E-state index contributed by atoms with van der Waals surface area (Å²) in [6.45, 7) is 4.43. The summed E-state index contributed by atoms with van der Waals surface area (Å²) in [6.07, 6.45) is 7.26. The molecule has 0 saturated carbocycles. The average molecular weight is 216 g/mol. The quantitative estimate of drug-likeness (QED) is 0.421. The first kappa shape index (κ1) is 12.1. The van der Waals surface area contributed by atoms with Gasteiger partial charge >= 0.3 is 25.3 Å². The van der Waals surface area contributed by atoms with Crippen molar-refractivity contribution in [3.63, 3.8) is 0 Å². The molecule has 0 fully saturated rings. The van der Waals surface area contributed by atoms with E-state index in [-0.39, 0.29) is 0 Å². The van der Waals surface area contributed by atoms with Gasteiger partial charge in [0.25, 0.3) is 0 Å². The van der Waals surface area contributed by atoms with Gasteiger partial charge in [-0.15, -0.1) is 6.58 Å². The number of imidazole rings is 1. The first-order chi connectivity index (χ1) is 5.93. The minimum atomic E-state index is -6.61. The molecule has 2 nitrogen and oxygen atoms in total. The molecule has 1 rings (SSSR count). The van der Waals surface area contributed by atoms with Gasteiger partial charge in [0.15, 0.2) is 0 Å². The van der Waals surface area contributed by atoms with E-state index in [4.69, 9.17) is 0 Å². The normalized spacial score (nSPS) is 11.4. The Kier molecular flexibility index (Phi) is 5.30. The Hall–Kier alpha value is -0.900. The number of rotatable bonds is 2. The van der Waals surface area contributed by atoms with Crippen LogP contribution in [0.3, 0.4) is 0 Å². The first-order valence-corrected chi connectivity index (χ1v) is 4.77. The second kappa shape index (κ2) is 5.70. The zero-order chi connectivity index (χ0) is 10.3. The van der Waals surface area contributed by atoms with Crippen molar-refractivity contribution in [2.75, 3.05) is 0 Å². The molecule has 0 unspecified atom stereocenters. The number of halogens is 4. The van der Waals surface area contributed by atoms with E-state index < -0.39 is 8.51 Å². The Bertz CT molecular complexity index is 225. The number of allylic oxidation sites excluding steroid dienone is 1. The zero-order valence-electron chi connectivity index (χ0n) is 6.63. The maximum absolute atomic E-state index is 9.83. The van der Waals surface area contributed by atoms with E-state index in [0.29, 0.717) is 0 Å². The molecule has 0 N–H and O–H groups in total. The van der Waals surface area contributed by atoms with Crippen LogP contribution in [0.4, 0.5) is 16.8 Å². The summed E-state index contributed by atoms with van der Waals surface area (Å²) in [5, 5.41) is 0. The minimum absolute atomic E-state index is 0.847. The molecule has 0 aliphatic carbocycles. The Morgan fingerprint density at radius 2 is 1.92 bits per heavy atom. The van der Waals surface area contributed by atoms with Gasteiger partial charge in [-0.25, -0.2) is 4.98 Å². The molecule has 0 radical (unpaired) electrons. The molecular formula is C6H9F4N2P. The molecule has 13 heavy (non-hydrogen) atoms. The van der Waals surface area contributed by atoms with E-state index >= 15 is 0 Å². The first-order valence-electron chi connectivity index (χ1n) is 3.25. The summed E-state index contributed by atoms with van der Waals surface area (Å²) < 4.78 is 41.3. The molecule has 0 atom stereocenters. The molecule has 0 aliphatic rings. The van der Waals surface area contributed by atoms with Crippen LogP contribution in [-0.4, -0.2) is 9.55 Å². The summed E-state index contributed by atoms with van der Waals surface area (Å²) >= 11 is 0. The maximum atomic E-state index is 9.83. The van der Waals surface area contributed by atoms with Gasteiger partial charge in [0.2, 0.25) is 0 Å². The average Bonchev–Trinajstić information content (AvgIpc) is 2.36. The number of hydrogen-bond donors (Lipinski definition) is 0. The summed E-state index contributed by atoms with van der Waals surface area (Å²) in [5.74, 6) is 0. The molecule has 1 heterocycles. The summed E-state index contributed by atoms with van der Waals surface area (Å²) in [5.41, 5.74) is 0. The molecule has 0 saturated heterocycles. The van der Waals surface area contributed by atoms with Crippen LogP contribution in [0.2, 0.25) is 0 Å². The SMILES string of the molecule is C=CCn1ccnc1.F[PH](F)(F)F. The standard InChI is InChI=1S/C6H8N2.F4HP/c1-2-4-8-5-3-7-6-8;1-5(2,3)4/h2-3,5-6H,1,4H2;5H. The fraction of sp³-hybridized carbons (Fsp3) is 0.167. The topological polar surface area (TPSA) is 17.8 Å². The van der Waals surface area contributed by atoms with Crippen LogP contribution in [0.1, 0.15) is 0 Å². The van der Waals surface area contributed by atoms with Gasteiger partial charge in [-0.1, -0.05) is 6.08 Å². The molecule has 0 spiro atoms. The third-order valence-corrected chi connectivity index (χ3v) is 0.899. The Morgan fingerprint density at radius 1 is 1.38 bits per heavy atom. The fourth-order valence-corrected chi connectivity index (χ4v) is 0.544. The van der Waals surface area contributed by atoms with E-state index in [1.807, 2.05) is 16.8 Å². The Labute approximate surface area is 73.7 Å². The Balaban J connectivity index is 0.000000252. The van der Waals surface area contributed by atoms with Crippen molar-refractivity contribution in [1.82, 2.24) is 9.55 Å². The molecule has 76 valence electrons. The van der Waals surface area contributed by atoms with Gasteiger partial charge < -0.3 is 4.57 Å². The molecule has 0 bridgehead atoms. The van der Waals surface area contributed by atoms with Crippen molar-refractivity contribution in [3.05, 3.63) is 31.4 Å². The van der Waals surface area contributed by atoms with Gasteiger partial charge in [0.05, 0.1) is 6.33 Å². The van der Waals surface area contributed by atoms with Crippen molar-refractivity contribution in [3.8, 4) is 0 Å². The van der Waals surface area contributed by atoms with Crippen molar-refractivity contribution in [2.24, 2.45) is 0 Å². The van der Waals surface area contributed by atoms with Crippen LogP contribution in [0, 0.1) is 0 Å². The molecule has 1 aromatic rings.